The summed E-state index contributed by atoms with van der Waals surface area (Å²) in [4.78, 5) is 0. The second kappa shape index (κ2) is 6.09. The van der Waals surface area contributed by atoms with Gasteiger partial charge in [0.05, 0.1) is 0 Å². The molecule has 0 saturated heterocycles. The zero-order chi connectivity index (χ0) is 6.41. The number of thioether (sulfide) groups is 1. The van der Waals surface area contributed by atoms with Gasteiger partial charge in [0.15, 0.2) is 0 Å². The van der Waals surface area contributed by atoms with E-state index in [4.69, 9.17) is 12.2 Å². The van der Waals surface area contributed by atoms with E-state index in [2.05, 4.69) is 13.8 Å². The molecule has 0 unspecified atom stereocenters. The third-order valence-electron chi connectivity index (χ3n) is 0.524. The fourth-order valence-electron chi connectivity index (χ4n) is 0.277. The van der Waals surface area contributed by atoms with Gasteiger partial charge in [0.2, 0.25) is 0 Å². The van der Waals surface area contributed by atoms with Gasteiger partial charge in [-0.3, -0.25) is 0 Å². The molecule has 0 saturated carbocycles. The van der Waals surface area contributed by atoms with Gasteiger partial charge in [-0.15, -0.1) is 0 Å². The normalized spacial score (nSPS) is 9.25. The molecule has 48 valence electrons. The summed E-state index contributed by atoms with van der Waals surface area (Å²) in [5, 5.41) is 1.25. The summed E-state index contributed by atoms with van der Waals surface area (Å²) in [6.07, 6.45) is 0. The van der Waals surface area contributed by atoms with Crippen molar-refractivity contribution in [3.63, 3.8) is 0 Å². The minimum atomic E-state index is 0.621. The van der Waals surface area contributed by atoms with Gasteiger partial charge < -0.3 is 0 Å². The molecule has 0 aliphatic heterocycles. The van der Waals surface area contributed by atoms with Crippen LogP contribution in [0.3, 0.4) is 0 Å². The molecule has 0 aromatic rings. The number of hydrogen-bond donors (Lipinski definition) is 0. The third kappa shape index (κ3) is 5.10. The Morgan fingerprint density at radius 1 is 1.62 bits per heavy atom. The predicted molar refractivity (Wildman–Crippen MR) is 47.0 cm³/mol. The molecule has 0 aliphatic rings. The molecule has 0 bridgehead atoms. The summed E-state index contributed by atoms with van der Waals surface area (Å²) in [5.74, 6) is 1.14. The van der Waals surface area contributed by atoms with Crippen molar-refractivity contribution in [3.05, 3.63) is 0 Å². The zero-order valence-electron chi connectivity index (χ0n) is 5.14. The average Bonchev–Trinajstić information content (AvgIpc) is 1.68. The van der Waals surface area contributed by atoms with Crippen LogP contribution in [0.5, 0.6) is 0 Å². The van der Waals surface area contributed by atoms with Crippen molar-refractivity contribution in [3.8, 4) is 0 Å². The van der Waals surface area contributed by atoms with Crippen molar-refractivity contribution in [2.24, 2.45) is 0 Å². The van der Waals surface area contributed by atoms with Crippen LogP contribution in [0, 0.1) is 0 Å². The molecule has 3 heteroatoms. The van der Waals surface area contributed by atoms with Crippen LogP contribution >= 0.6 is 24.0 Å². The van der Waals surface area contributed by atoms with Gasteiger partial charge in [0.1, 0.15) is 0 Å². The molecule has 0 aromatic carbocycles. The summed E-state index contributed by atoms with van der Waals surface area (Å²) in [6, 6.07) is 0. The summed E-state index contributed by atoms with van der Waals surface area (Å²) in [6.45, 7) is 4.32. The first-order valence-electron chi connectivity index (χ1n) is 2.60. The Balaban J connectivity index is 3.06. The van der Waals surface area contributed by atoms with Crippen molar-refractivity contribution in [2.45, 2.75) is 19.2 Å². The summed E-state index contributed by atoms with van der Waals surface area (Å²) in [7, 11) is 0. The molecule has 0 radical (unpaired) electrons. The molecule has 0 spiro atoms. The molecule has 0 amide bonds. The van der Waals surface area contributed by atoms with Crippen molar-refractivity contribution in [2.75, 3.05) is 5.75 Å². The van der Waals surface area contributed by atoms with Crippen LogP contribution in [0.4, 0.5) is 0 Å². The molecule has 0 rings (SSSR count). The quantitative estimate of drug-likeness (QED) is 0.520. The first kappa shape index (κ1) is 8.96. The monoisotopic (exact) mass is 214 g/mol. The van der Waals surface area contributed by atoms with E-state index < -0.39 is 0 Å². The Hall–Kier alpha value is 0.959. The van der Waals surface area contributed by atoms with Crippen LogP contribution in [0.15, 0.2) is 0 Å². The van der Waals surface area contributed by atoms with E-state index in [-0.39, 0.29) is 0 Å². The van der Waals surface area contributed by atoms with E-state index in [1.807, 2.05) is 11.8 Å². The van der Waals surface area contributed by atoms with Crippen LogP contribution in [-0.2, 0) is 0 Å². The second-order valence-electron chi connectivity index (χ2n) is 1.12. The fourth-order valence-corrected chi connectivity index (χ4v) is 3.94. The van der Waals surface area contributed by atoms with Crippen molar-refractivity contribution < 1.29 is 0 Å². The maximum atomic E-state index is 5.04. The van der Waals surface area contributed by atoms with Gasteiger partial charge in [-0.05, 0) is 0 Å². The minimum absolute atomic E-state index is 0.621. The third-order valence-corrected chi connectivity index (χ3v) is 4.47. The van der Waals surface area contributed by atoms with Crippen molar-refractivity contribution >= 4 is 42.0 Å². The van der Waals surface area contributed by atoms with Crippen LogP contribution < -0.4 is 0 Å². The zero-order valence-corrected chi connectivity index (χ0v) is 8.49. The molecular formula is C5H10S2Se. The van der Waals surface area contributed by atoms with Gasteiger partial charge in [-0.1, -0.05) is 0 Å². The van der Waals surface area contributed by atoms with E-state index in [9.17, 15) is 0 Å². The average molecular weight is 213 g/mol. The molecule has 8 heavy (non-hydrogen) atoms. The molecule has 0 atom stereocenters. The summed E-state index contributed by atoms with van der Waals surface area (Å²) < 4.78 is 1.22. The SMILES string of the molecule is CCSC(=S)[Se]CC. The molecule has 0 aliphatic carbocycles. The van der Waals surface area contributed by atoms with Crippen molar-refractivity contribution in [1.82, 2.24) is 0 Å². The van der Waals surface area contributed by atoms with Crippen molar-refractivity contribution in [1.29, 1.82) is 0 Å². The molecule has 0 nitrogen and oxygen atoms in total. The molecule has 0 heterocycles. The predicted octanol–water partition coefficient (Wildman–Crippen LogP) is 2.17. The van der Waals surface area contributed by atoms with Crippen LogP contribution in [0.25, 0.3) is 0 Å². The second-order valence-corrected chi connectivity index (χ2v) is 6.90. The molecule has 0 N–H and O–H groups in total. The van der Waals surface area contributed by atoms with E-state index in [1.54, 1.807) is 0 Å². The Morgan fingerprint density at radius 2 is 2.25 bits per heavy atom. The summed E-state index contributed by atoms with van der Waals surface area (Å²) >= 11 is 7.48. The Kier molecular flexibility index (Phi) is 6.81. The van der Waals surface area contributed by atoms with E-state index in [1.165, 1.54) is 8.41 Å². The Labute approximate surface area is 67.0 Å². The topological polar surface area (TPSA) is 0 Å². The van der Waals surface area contributed by atoms with E-state index >= 15 is 0 Å². The van der Waals surface area contributed by atoms with Gasteiger partial charge in [0.25, 0.3) is 0 Å². The Morgan fingerprint density at radius 3 is 2.62 bits per heavy atom. The van der Waals surface area contributed by atoms with Gasteiger partial charge >= 0.3 is 67.0 Å². The number of thiocarbonyl (C=S) groups is 1. The standard InChI is InChI=1S/C5H10S2Se/c1-3-7-5(6)8-4-2/h3-4H2,1-2H3. The van der Waals surface area contributed by atoms with Gasteiger partial charge in [0, 0.05) is 0 Å². The summed E-state index contributed by atoms with van der Waals surface area (Å²) in [5.41, 5.74) is 0. The molecular weight excluding hydrogens is 203 g/mol. The first-order valence-corrected chi connectivity index (χ1v) is 6.07. The number of hydrogen-bond acceptors (Lipinski definition) is 2. The van der Waals surface area contributed by atoms with E-state index in [0.717, 1.165) is 5.75 Å². The molecule has 0 fully saturated rings. The number of rotatable bonds is 3. The fraction of sp³-hybridized carbons (Fsp3) is 0.800. The van der Waals surface area contributed by atoms with Crippen LogP contribution in [0.2, 0.25) is 5.32 Å². The van der Waals surface area contributed by atoms with Crippen LogP contribution in [0.1, 0.15) is 13.8 Å². The molecule has 0 aromatic heterocycles. The van der Waals surface area contributed by atoms with Gasteiger partial charge in [-0.2, -0.15) is 0 Å². The maximum absolute atomic E-state index is 5.04. The first-order chi connectivity index (χ1) is 3.81. The van der Waals surface area contributed by atoms with Gasteiger partial charge in [-0.25, -0.2) is 0 Å². The Bertz CT molecular complexity index is 64.8. The van der Waals surface area contributed by atoms with Crippen LogP contribution in [-0.4, -0.2) is 23.8 Å². The van der Waals surface area contributed by atoms with E-state index in [0.29, 0.717) is 15.0 Å².